The van der Waals surface area contributed by atoms with Crippen LogP contribution in [-0.2, 0) is 11.2 Å². The third-order valence-electron chi connectivity index (χ3n) is 5.08. The molecule has 1 atom stereocenters. The SMILES string of the molecule is Cc1c(NC(=O)N[C@@H](C)Cc2cnccn2)cccc1NC(=O)C1CCCC1. The molecule has 0 saturated heterocycles. The van der Waals surface area contributed by atoms with Crippen LogP contribution in [0.25, 0.3) is 0 Å². The first kappa shape index (κ1) is 19.8. The largest absolute Gasteiger partial charge is 0.335 e. The number of nitrogens with zero attached hydrogens (tertiary/aromatic N) is 2. The van der Waals surface area contributed by atoms with Crippen molar-refractivity contribution in [2.75, 3.05) is 10.6 Å². The molecule has 1 fully saturated rings. The number of hydrogen-bond donors (Lipinski definition) is 3. The zero-order valence-electron chi connectivity index (χ0n) is 16.4. The van der Waals surface area contributed by atoms with Gasteiger partial charge in [0.25, 0.3) is 0 Å². The van der Waals surface area contributed by atoms with Gasteiger partial charge in [0.1, 0.15) is 0 Å². The number of carbonyl (C=O) groups is 2. The fourth-order valence-corrected chi connectivity index (χ4v) is 3.51. The van der Waals surface area contributed by atoms with E-state index < -0.39 is 0 Å². The molecular weight excluding hydrogens is 354 g/mol. The standard InChI is InChI=1S/C21H27N5O2/c1-14(12-17-13-22-10-11-23-17)24-21(28)26-19-9-5-8-18(15(19)2)25-20(27)16-6-3-4-7-16/h5,8-11,13-14,16H,3-4,6-7,12H2,1-2H3,(H,25,27)(H2,24,26,28)/t14-/m0/s1. The molecule has 1 aliphatic carbocycles. The predicted molar refractivity (Wildman–Crippen MR) is 109 cm³/mol. The lowest BCUT2D eigenvalue weighted by Crippen LogP contribution is -2.37. The Hall–Kier alpha value is -2.96. The number of nitrogens with one attached hydrogen (secondary N) is 3. The van der Waals surface area contributed by atoms with E-state index in [1.807, 2.05) is 32.0 Å². The summed E-state index contributed by atoms with van der Waals surface area (Å²) in [6, 6.07) is 5.13. The first-order valence-electron chi connectivity index (χ1n) is 9.76. The summed E-state index contributed by atoms with van der Waals surface area (Å²) in [5.74, 6) is 0.168. The zero-order chi connectivity index (χ0) is 19.9. The highest BCUT2D eigenvalue weighted by atomic mass is 16.2. The van der Waals surface area contributed by atoms with Gasteiger partial charge in [-0.15, -0.1) is 0 Å². The Bertz CT molecular complexity index is 819. The van der Waals surface area contributed by atoms with Crippen molar-refractivity contribution in [1.82, 2.24) is 15.3 Å². The Kier molecular flexibility index (Phi) is 6.57. The zero-order valence-corrected chi connectivity index (χ0v) is 16.4. The monoisotopic (exact) mass is 381 g/mol. The molecule has 1 heterocycles. The van der Waals surface area contributed by atoms with E-state index in [9.17, 15) is 9.59 Å². The molecule has 0 aliphatic heterocycles. The van der Waals surface area contributed by atoms with E-state index in [0.717, 1.165) is 42.6 Å². The van der Waals surface area contributed by atoms with Crippen LogP contribution in [0.15, 0.2) is 36.8 Å². The Balaban J connectivity index is 1.57. The number of carbonyl (C=O) groups excluding carboxylic acids is 2. The lowest BCUT2D eigenvalue weighted by atomic mass is 10.1. The fraction of sp³-hybridized carbons (Fsp3) is 0.429. The summed E-state index contributed by atoms with van der Waals surface area (Å²) in [4.78, 5) is 33.0. The average molecular weight is 381 g/mol. The van der Waals surface area contributed by atoms with Gasteiger partial charge in [0, 0.05) is 48.3 Å². The minimum absolute atomic E-state index is 0.0693. The predicted octanol–water partition coefficient (Wildman–Crippen LogP) is 3.67. The van der Waals surface area contributed by atoms with Crippen LogP contribution in [0.3, 0.4) is 0 Å². The van der Waals surface area contributed by atoms with E-state index in [1.54, 1.807) is 18.6 Å². The van der Waals surface area contributed by atoms with Gasteiger partial charge < -0.3 is 16.0 Å². The smallest absolute Gasteiger partial charge is 0.319 e. The van der Waals surface area contributed by atoms with Crippen LogP contribution < -0.4 is 16.0 Å². The quantitative estimate of drug-likeness (QED) is 0.711. The van der Waals surface area contributed by atoms with Crippen LogP contribution in [-0.4, -0.2) is 27.9 Å². The van der Waals surface area contributed by atoms with Gasteiger partial charge in [0.05, 0.1) is 5.69 Å². The van der Waals surface area contributed by atoms with Crippen molar-refractivity contribution in [3.8, 4) is 0 Å². The first-order valence-corrected chi connectivity index (χ1v) is 9.76. The number of urea groups is 1. The van der Waals surface area contributed by atoms with E-state index in [4.69, 9.17) is 0 Å². The lowest BCUT2D eigenvalue weighted by molar-refractivity contribution is -0.119. The molecule has 28 heavy (non-hydrogen) atoms. The highest BCUT2D eigenvalue weighted by Gasteiger charge is 2.23. The summed E-state index contributed by atoms with van der Waals surface area (Å²) < 4.78 is 0. The van der Waals surface area contributed by atoms with Crippen LogP contribution in [0.5, 0.6) is 0 Å². The molecule has 3 rings (SSSR count). The second-order valence-corrected chi connectivity index (χ2v) is 7.35. The molecule has 1 aromatic heterocycles. The lowest BCUT2D eigenvalue weighted by Gasteiger charge is -2.17. The van der Waals surface area contributed by atoms with Crippen molar-refractivity contribution >= 4 is 23.3 Å². The highest BCUT2D eigenvalue weighted by molar-refractivity contribution is 5.96. The Morgan fingerprint density at radius 1 is 1.14 bits per heavy atom. The van der Waals surface area contributed by atoms with Gasteiger partial charge in [-0.25, -0.2) is 4.79 Å². The normalized spacial score (nSPS) is 15.1. The van der Waals surface area contributed by atoms with Crippen molar-refractivity contribution in [2.45, 2.75) is 52.0 Å². The minimum atomic E-state index is -0.293. The summed E-state index contributed by atoms with van der Waals surface area (Å²) >= 11 is 0. The molecule has 0 bridgehead atoms. The maximum atomic E-state index is 12.4. The van der Waals surface area contributed by atoms with Gasteiger partial charge in [-0.3, -0.25) is 14.8 Å². The van der Waals surface area contributed by atoms with Gasteiger partial charge in [-0.1, -0.05) is 18.9 Å². The van der Waals surface area contributed by atoms with Crippen LogP contribution >= 0.6 is 0 Å². The topological polar surface area (TPSA) is 96.0 Å². The van der Waals surface area contributed by atoms with Gasteiger partial charge in [-0.05, 0) is 44.4 Å². The minimum Gasteiger partial charge on any atom is -0.335 e. The number of hydrogen-bond acceptors (Lipinski definition) is 4. The first-order chi connectivity index (χ1) is 13.5. The Morgan fingerprint density at radius 3 is 2.54 bits per heavy atom. The Labute approximate surface area is 165 Å². The summed E-state index contributed by atoms with van der Waals surface area (Å²) in [5.41, 5.74) is 3.07. The molecule has 0 unspecified atom stereocenters. The van der Waals surface area contributed by atoms with Gasteiger partial charge in [0.15, 0.2) is 0 Å². The number of rotatable bonds is 6. The molecule has 3 amide bonds. The second kappa shape index (κ2) is 9.30. The van der Waals surface area contributed by atoms with E-state index in [-0.39, 0.29) is 23.9 Å². The van der Waals surface area contributed by atoms with Gasteiger partial charge in [0.2, 0.25) is 5.91 Å². The summed E-state index contributed by atoms with van der Waals surface area (Å²) in [5, 5.41) is 8.79. The van der Waals surface area contributed by atoms with Crippen molar-refractivity contribution in [2.24, 2.45) is 5.92 Å². The van der Waals surface area contributed by atoms with Crippen molar-refractivity contribution in [3.05, 3.63) is 48.0 Å². The molecule has 3 N–H and O–H groups in total. The average Bonchev–Trinajstić information content (AvgIpc) is 3.20. The molecule has 0 spiro atoms. The molecular formula is C21H27N5O2. The molecule has 7 nitrogen and oxygen atoms in total. The number of aromatic nitrogens is 2. The van der Waals surface area contributed by atoms with Gasteiger partial charge in [-0.2, -0.15) is 0 Å². The van der Waals surface area contributed by atoms with Crippen LogP contribution in [0.1, 0.15) is 43.9 Å². The molecule has 0 radical (unpaired) electrons. The van der Waals surface area contributed by atoms with E-state index in [0.29, 0.717) is 12.1 Å². The molecule has 148 valence electrons. The third-order valence-corrected chi connectivity index (χ3v) is 5.08. The summed E-state index contributed by atoms with van der Waals surface area (Å²) in [7, 11) is 0. The highest BCUT2D eigenvalue weighted by Crippen LogP contribution is 2.28. The van der Waals surface area contributed by atoms with Gasteiger partial charge >= 0.3 is 6.03 Å². The number of benzene rings is 1. The van der Waals surface area contributed by atoms with Crippen LogP contribution in [0.2, 0.25) is 0 Å². The maximum Gasteiger partial charge on any atom is 0.319 e. The van der Waals surface area contributed by atoms with E-state index >= 15 is 0 Å². The van der Waals surface area contributed by atoms with Crippen molar-refractivity contribution < 1.29 is 9.59 Å². The maximum absolute atomic E-state index is 12.4. The molecule has 1 aromatic carbocycles. The number of anilines is 2. The third kappa shape index (κ3) is 5.28. The fourth-order valence-electron chi connectivity index (χ4n) is 3.51. The van der Waals surface area contributed by atoms with Crippen LogP contribution in [0, 0.1) is 12.8 Å². The second-order valence-electron chi connectivity index (χ2n) is 7.35. The van der Waals surface area contributed by atoms with Crippen LogP contribution in [0.4, 0.5) is 16.2 Å². The van der Waals surface area contributed by atoms with Crippen molar-refractivity contribution in [3.63, 3.8) is 0 Å². The van der Waals surface area contributed by atoms with Crippen molar-refractivity contribution in [1.29, 1.82) is 0 Å². The molecule has 1 saturated carbocycles. The molecule has 1 aliphatic rings. The number of amides is 3. The van der Waals surface area contributed by atoms with E-state index in [1.165, 1.54) is 0 Å². The van der Waals surface area contributed by atoms with E-state index in [2.05, 4.69) is 25.9 Å². The summed E-state index contributed by atoms with van der Waals surface area (Å²) in [6.45, 7) is 3.81. The summed E-state index contributed by atoms with van der Waals surface area (Å²) in [6.07, 6.45) is 9.68. The molecule has 2 aromatic rings. The molecule has 7 heteroatoms. The Morgan fingerprint density at radius 2 is 1.86 bits per heavy atom.